The Morgan fingerprint density at radius 3 is 2.29 bits per heavy atom. The monoisotopic (exact) mass is 256 g/mol. The molecule has 0 N–H and O–H groups in total. The Bertz CT molecular complexity index is 531. The lowest BCUT2D eigenvalue weighted by Gasteiger charge is -2.08. The van der Waals surface area contributed by atoms with Crippen LogP contribution in [-0.2, 0) is 6.18 Å². The minimum Gasteiger partial charge on any atom is -0.192 e. The Morgan fingerprint density at radius 1 is 1.24 bits per heavy atom. The summed E-state index contributed by atoms with van der Waals surface area (Å²) >= 11 is 5.67. The molecule has 0 saturated carbocycles. The van der Waals surface area contributed by atoms with Crippen LogP contribution in [-0.4, -0.2) is 0 Å². The fraction of sp³-hybridized carbons (Fsp3) is 0.0909. The maximum Gasteiger partial charge on any atom is 0.416 e. The first-order valence-corrected chi connectivity index (χ1v) is 4.65. The largest absolute Gasteiger partial charge is 0.416 e. The molecule has 0 fully saturated rings. The molecule has 0 aromatic heterocycles. The van der Waals surface area contributed by atoms with Crippen LogP contribution in [0.1, 0.15) is 11.1 Å². The molecule has 0 aliphatic heterocycles. The molecule has 0 radical (unpaired) electrons. The topological polar surface area (TPSA) is 47.6 Å². The van der Waals surface area contributed by atoms with E-state index >= 15 is 0 Å². The van der Waals surface area contributed by atoms with Gasteiger partial charge in [0.15, 0.2) is 0 Å². The van der Waals surface area contributed by atoms with Gasteiger partial charge in [0.1, 0.15) is 17.7 Å². The van der Waals surface area contributed by atoms with Gasteiger partial charge in [0.05, 0.1) is 5.56 Å². The third-order valence-electron chi connectivity index (χ3n) is 1.86. The number of allylic oxidation sites excluding steroid dienone is 1. The highest BCUT2D eigenvalue weighted by molar-refractivity contribution is 6.32. The van der Waals surface area contributed by atoms with Gasteiger partial charge in [-0.2, -0.15) is 23.7 Å². The Hall–Kier alpha value is -1.98. The smallest absolute Gasteiger partial charge is 0.192 e. The van der Waals surface area contributed by atoms with E-state index in [2.05, 4.69) is 0 Å². The molecular weight excluding hydrogens is 253 g/mol. The molecule has 17 heavy (non-hydrogen) atoms. The summed E-state index contributed by atoms with van der Waals surface area (Å²) in [5.74, 6) is 0. The van der Waals surface area contributed by atoms with E-state index in [1.54, 1.807) is 12.1 Å². The summed E-state index contributed by atoms with van der Waals surface area (Å²) in [5.41, 5.74) is -1.21. The fourth-order valence-corrected chi connectivity index (χ4v) is 1.25. The number of rotatable bonds is 1. The van der Waals surface area contributed by atoms with Gasteiger partial charge in [-0.15, -0.1) is 0 Å². The Labute approximate surface area is 100 Å². The number of nitriles is 2. The summed E-state index contributed by atoms with van der Waals surface area (Å²) in [6, 6.07) is 5.78. The zero-order chi connectivity index (χ0) is 13.1. The van der Waals surface area contributed by atoms with Crippen molar-refractivity contribution in [2.75, 3.05) is 0 Å². The zero-order valence-corrected chi connectivity index (χ0v) is 8.97. The Kier molecular flexibility index (Phi) is 3.77. The first-order chi connectivity index (χ1) is 7.88. The van der Waals surface area contributed by atoms with E-state index in [1.807, 2.05) is 0 Å². The van der Waals surface area contributed by atoms with Gasteiger partial charge >= 0.3 is 6.18 Å². The van der Waals surface area contributed by atoms with E-state index in [9.17, 15) is 13.2 Å². The van der Waals surface area contributed by atoms with E-state index in [-0.39, 0.29) is 16.2 Å². The van der Waals surface area contributed by atoms with Crippen molar-refractivity contribution in [2.45, 2.75) is 6.18 Å². The molecule has 6 heteroatoms. The van der Waals surface area contributed by atoms with E-state index in [0.29, 0.717) is 0 Å². The van der Waals surface area contributed by atoms with Gasteiger partial charge in [0.25, 0.3) is 0 Å². The van der Waals surface area contributed by atoms with Crippen LogP contribution in [0.3, 0.4) is 0 Å². The maximum absolute atomic E-state index is 12.4. The molecule has 86 valence electrons. The van der Waals surface area contributed by atoms with Crippen LogP contribution < -0.4 is 0 Å². The van der Waals surface area contributed by atoms with Gasteiger partial charge in [-0.1, -0.05) is 11.6 Å². The average Bonchev–Trinajstić information content (AvgIpc) is 2.26. The lowest BCUT2D eigenvalue weighted by Crippen LogP contribution is -2.04. The van der Waals surface area contributed by atoms with Crippen LogP contribution in [0.25, 0.3) is 6.08 Å². The molecule has 0 unspecified atom stereocenters. The molecule has 0 aliphatic rings. The molecular formula is C11H4ClF3N2. The fourth-order valence-electron chi connectivity index (χ4n) is 1.08. The van der Waals surface area contributed by atoms with Crippen molar-refractivity contribution in [3.8, 4) is 12.1 Å². The zero-order valence-electron chi connectivity index (χ0n) is 8.22. The van der Waals surface area contributed by atoms with Gasteiger partial charge in [-0.25, -0.2) is 0 Å². The summed E-state index contributed by atoms with van der Waals surface area (Å²) in [6.45, 7) is 0. The van der Waals surface area contributed by atoms with Crippen molar-refractivity contribution < 1.29 is 13.2 Å². The van der Waals surface area contributed by atoms with Crippen molar-refractivity contribution in [1.29, 1.82) is 10.5 Å². The van der Waals surface area contributed by atoms with Crippen molar-refractivity contribution in [1.82, 2.24) is 0 Å². The summed E-state index contributed by atoms with van der Waals surface area (Å²) in [5, 5.41) is 17.0. The second kappa shape index (κ2) is 4.90. The van der Waals surface area contributed by atoms with Crippen LogP contribution in [0.5, 0.6) is 0 Å². The maximum atomic E-state index is 12.4. The van der Waals surface area contributed by atoms with Crippen molar-refractivity contribution >= 4 is 17.7 Å². The second-order valence-corrected chi connectivity index (χ2v) is 3.42. The number of benzene rings is 1. The lowest BCUT2D eigenvalue weighted by molar-refractivity contribution is -0.137. The van der Waals surface area contributed by atoms with Crippen LogP contribution >= 0.6 is 11.6 Å². The SMILES string of the molecule is N#CC(C#N)=Cc1cc(C(F)(F)F)ccc1Cl. The minimum absolute atomic E-state index is 0.0143. The standard InChI is InChI=1S/C11H4ClF3N2/c12-10-2-1-9(11(13,14)15)4-8(10)3-7(5-16)6-17/h1-4H. The van der Waals surface area contributed by atoms with Crippen LogP contribution in [0, 0.1) is 22.7 Å². The number of hydrogen-bond acceptors (Lipinski definition) is 2. The predicted molar refractivity (Wildman–Crippen MR) is 55.7 cm³/mol. The van der Waals surface area contributed by atoms with Crippen LogP contribution in [0.2, 0.25) is 5.02 Å². The van der Waals surface area contributed by atoms with Gasteiger partial charge in [0, 0.05) is 5.02 Å². The molecule has 1 aromatic rings. The van der Waals surface area contributed by atoms with Crippen molar-refractivity contribution in [3.05, 3.63) is 39.9 Å². The minimum atomic E-state index is -4.49. The predicted octanol–water partition coefficient (Wildman–Crippen LogP) is 3.79. The third kappa shape index (κ3) is 3.24. The molecule has 0 aliphatic carbocycles. The van der Waals surface area contributed by atoms with Gasteiger partial charge in [0.2, 0.25) is 0 Å². The highest BCUT2D eigenvalue weighted by atomic mass is 35.5. The van der Waals surface area contributed by atoms with E-state index in [4.69, 9.17) is 22.1 Å². The second-order valence-electron chi connectivity index (χ2n) is 3.02. The molecule has 0 amide bonds. The van der Waals surface area contributed by atoms with Crippen LogP contribution in [0.4, 0.5) is 13.2 Å². The van der Waals surface area contributed by atoms with E-state index < -0.39 is 11.7 Å². The van der Waals surface area contributed by atoms with E-state index in [1.165, 1.54) is 0 Å². The average molecular weight is 257 g/mol. The molecule has 0 spiro atoms. The van der Waals surface area contributed by atoms with Crippen molar-refractivity contribution in [2.24, 2.45) is 0 Å². The van der Waals surface area contributed by atoms with E-state index in [0.717, 1.165) is 24.3 Å². The normalized spacial score (nSPS) is 10.2. The molecule has 2 nitrogen and oxygen atoms in total. The number of alkyl halides is 3. The number of halogens is 4. The quantitative estimate of drug-likeness (QED) is 0.718. The number of nitrogens with zero attached hydrogens (tertiary/aromatic N) is 2. The van der Waals surface area contributed by atoms with Crippen molar-refractivity contribution in [3.63, 3.8) is 0 Å². The Morgan fingerprint density at radius 2 is 1.82 bits per heavy atom. The lowest BCUT2D eigenvalue weighted by atomic mass is 10.1. The molecule has 0 atom stereocenters. The van der Waals surface area contributed by atoms with Gasteiger partial charge in [-0.05, 0) is 29.8 Å². The number of hydrogen-bond donors (Lipinski definition) is 0. The summed E-state index contributed by atoms with van der Waals surface area (Å²) < 4.78 is 37.2. The molecule has 0 heterocycles. The van der Waals surface area contributed by atoms with Crippen LogP contribution in [0.15, 0.2) is 23.8 Å². The third-order valence-corrected chi connectivity index (χ3v) is 2.21. The first kappa shape index (κ1) is 13.1. The summed E-state index contributed by atoms with van der Waals surface area (Å²) in [6.07, 6.45) is -3.48. The highest BCUT2D eigenvalue weighted by Crippen LogP contribution is 2.32. The molecule has 0 bridgehead atoms. The Balaban J connectivity index is 3.32. The molecule has 1 rings (SSSR count). The van der Waals surface area contributed by atoms with Gasteiger partial charge in [-0.3, -0.25) is 0 Å². The molecule has 1 aromatic carbocycles. The van der Waals surface area contributed by atoms with Gasteiger partial charge < -0.3 is 0 Å². The first-order valence-electron chi connectivity index (χ1n) is 4.27. The summed E-state index contributed by atoms with van der Waals surface area (Å²) in [7, 11) is 0. The summed E-state index contributed by atoms with van der Waals surface area (Å²) in [4.78, 5) is 0. The molecule has 0 saturated heterocycles. The highest BCUT2D eigenvalue weighted by Gasteiger charge is 2.30.